The first-order valence-corrected chi connectivity index (χ1v) is 10.5. The van der Waals surface area contributed by atoms with E-state index in [1.165, 1.54) is 12.1 Å². The second-order valence-corrected chi connectivity index (χ2v) is 7.73. The van der Waals surface area contributed by atoms with E-state index >= 15 is 0 Å². The van der Waals surface area contributed by atoms with Crippen molar-refractivity contribution in [1.29, 1.82) is 0 Å². The van der Waals surface area contributed by atoms with Crippen LogP contribution in [-0.2, 0) is 9.63 Å². The average Bonchev–Trinajstić information content (AvgIpc) is 3.33. The minimum atomic E-state index is -0.476. The van der Waals surface area contributed by atoms with Crippen molar-refractivity contribution in [2.24, 2.45) is 5.16 Å². The van der Waals surface area contributed by atoms with Crippen molar-refractivity contribution in [2.45, 2.75) is 0 Å². The van der Waals surface area contributed by atoms with E-state index in [9.17, 15) is 14.9 Å². The van der Waals surface area contributed by atoms with Crippen LogP contribution in [0, 0.1) is 10.1 Å². The maximum absolute atomic E-state index is 12.8. The SMILES string of the molecule is O=C1Nc2ccc([N+](=O)[O-])cc2/C1=C1/Nc2ccccc2/C1=N\OCCN1CCNCC1. The fraction of sp³-hybridized carbons (Fsp3) is 0.273. The predicted octanol–water partition coefficient (Wildman–Crippen LogP) is 2.01. The Kier molecular flexibility index (Phi) is 5.29. The lowest BCUT2D eigenvalue weighted by Gasteiger charge is -2.26. The molecule has 0 aromatic heterocycles. The topological polar surface area (TPSA) is 121 Å². The molecule has 0 saturated carbocycles. The summed E-state index contributed by atoms with van der Waals surface area (Å²) in [5, 5.41) is 25.0. The van der Waals surface area contributed by atoms with Gasteiger partial charge in [0.05, 0.1) is 16.2 Å². The van der Waals surface area contributed by atoms with Crippen LogP contribution in [0.25, 0.3) is 5.57 Å². The van der Waals surface area contributed by atoms with Crippen molar-refractivity contribution < 1.29 is 14.6 Å². The number of amides is 1. The zero-order chi connectivity index (χ0) is 22.1. The molecule has 10 heteroatoms. The minimum absolute atomic E-state index is 0.0837. The molecule has 0 aliphatic carbocycles. The van der Waals surface area contributed by atoms with Crippen LogP contribution in [0.4, 0.5) is 17.1 Å². The zero-order valence-corrected chi connectivity index (χ0v) is 17.3. The number of anilines is 2. The zero-order valence-electron chi connectivity index (χ0n) is 17.3. The molecule has 3 N–H and O–H groups in total. The summed E-state index contributed by atoms with van der Waals surface area (Å²) in [7, 11) is 0. The molecule has 5 rings (SSSR count). The Morgan fingerprint density at radius 2 is 1.84 bits per heavy atom. The largest absolute Gasteiger partial charge is 0.394 e. The van der Waals surface area contributed by atoms with Crippen molar-refractivity contribution >= 4 is 34.3 Å². The van der Waals surface area contributed by atoms with E-state index in [2.05, 4.69) is 26.0 Å². The van der Waals surface area contributed by atoms with Crippen molar-refractivity contribution in [2.75, 3.05) is 50.0 Å². The van der Waals surface area contributed by atoms with Gasteiger partial charge < -0.3 is 20.8 Å². The van der Waals surface area contributed by atoms with Gasteiger partial charge >= 0.3 is 0 Å². The Bertz CT molecular complexity index is 1150. The molecule has 3 heterocycles. The third-order valence-corrected chi connectivity index (χ3v) is 5.75. The summed E-state index contributed by atoms with van der Waals surface area (Å²) < 4.78 is 0. The number of nitrogens with zero attached hydrogens (tertiary/aromatic N) is 3. The third kappa shape index (κ3) is 3.70. The Morgan fingerprint density at radius 3 is 2.66 bits per heavy atom. The molecule has 1 fully saturated rings. The third-order valence-electron chi connectivity index (χ3n) is 5.75. The highest BCUT2D eigenvalue weighted by molar-refractivity contribution is 6.39. The number of benzene rings is 2. The van der Waals surface area contributed by atoms with Crippen LogP contribution < -0.4 is 16.0 Å². The van der Waals surface area contributed by atoms with E-state index in [0.29, 0.717) is 34.8 Å². The fourth-order valence-corrected chi connectivity index (χ4v) is 4.13. The monoisotopic (exact) mass is 434 g/mol. The lowest BCUT2D eigenvalue weighted by molar-refractivity contribution is -0.384. The summed E-state index contributed by atoms with van der Waals surface area (Å²) in [4.78, 5) is 31.6. The van der Waals surface area contributed by atoms with E-state index in [-0.39, 0.29) is 11.6 Å². The van der Waals surface area contributed by atoms with E-state index in [1.807, 2.05) is 24.3 Å². The van der Waals surface area contributed by atoms with Crippen molar-refractivity contribution in [3.8, 4) is 0 Å². The number of hydrogen-bond acceptors (Lipinski definition) is 8. The molecule has 2 aromatic rings. The molecule has 0 spiro atoms. The van der Waals surface area contributed by atoms with E-state index < -0.39 is 4.92 Å². The number of carbonyl (C=O) groups is 1. The van der Waals surface area contributed by atoms with E-state index in [0.717, 1.165) is 44.0 Å². The van der Waals surface area contributed by atoms with Gasteiger partial charge in [0.15, 0.2) is 0 Å². The number of allylic oxidation sites excluding steroid dienone is 1. The quantitative estimate of drug-likeness (QED) is 0.285. The van der Waals surface area contributed by atoms with Crippen LogP contribution in [0.15, 0.2) is 53.3 Å². The van der Waals surface area contributed by atoms with Gasteiger partial charge in [-0.3, -0.25) is 19.8 Å². The van der Waals surface area contributed by atoms with E-state index in [1.54, 1.807) is 6.07 Å². The first kappa shape index (κ1) is 20.2. The number of hydrogen-bond donors (Lipinski definition) is 3. The lowest BCUT2D eigenvalue weighted by Crippen LogP contribution is -2.44. The van der Waals surface area contributed by atoms with Gasteiger partial charge in [0.1, 0.15) is 12.3 Å². The molecule has 2 aromatic carbocycles. The Hall–Kier alpha value is -3.76. The molecule has 3 aliphatic heterocycles. The van der Waals surface area contributed by atoms with Gasteiger partial charge in [-0.15, -0.1) is 0 Å². The van der Waals surface area contributed by atoms with Crippen LogP contribution in [0.1, 0.15) is 11.1 Å². The molecule has 1 amide bonds. The number of oxime groups is 1. The molecular weight excluding hydrogens is 412 g/mol. The normalized spacial score (nSPS) is 21.1. The molecule has 0 atom stereocenters. The number of piperazine rings is 1. The molecule has 0 bridgehead atoms. The molecule has 164 valence electrons. The van der Waals surface area contributed by atoms with Gasteiger partial charge in [-0.25, -0.2) is 0 Å². The minimum Gasteiger partial charge on any atom is -0.394 e. The summed E-state index contributed by atoms with van der Waals surface area (Å²) in [6, 6.07) is 11.9. The predicted molar refractivity (Wildman–Crippen MR) is 121 cm³/mol. The maximum Gasteiger partial charge on any atom is 0.270 e. The number of carbonyl (C=O) groups excluding carboxylic acids is 1. The van der Waals surface area contributed by atoms with Crippen LogP contribution in [0.5, 0.6) is 0 Å². The molecular formula is C22H22N6O4. The van der Waals surface area contributed by atoms with Crippen molar-refractivity contribution in [1.82, 2.24) is 10.2 Å². The fourth-order valence-electron chi connectivity index (χ4n) is 4.13. The van der Waals surface area contributed by atoms with Crippen molar-refractivity contribution in [3.63, 3.8) is 0 Å². The van der Waals surface area contributed by atoms with Gasteiger partial charge in [-0.2, -0.15) is 0 Å². The first-order valence-electron chi connectivity index (χ1n) is 10.5. The Balaban J connectivity index is 1.49. The first-order chi connectivity index (χ1) is 15.6. The van der Waals surface area contributed by atoms with Crippen LogP contribution in [0.2, 0.25) is 0 Å². The van der Waals surface area contributed by atoms with Gasteiger partial charge in [0.25, 0.3) is 11.6 Å². The van der Waals surface area contributed by atoms with Crippen LogP contribution in [-0.4, -0.2) is 60.8 Å². The Labute approximate surface area is 184 Å². The summed E-state index contributed by atoms with van der Waals surface area (Å²) in [6.07, 6.45) is 0. The maximum atomic E-state index is 12.8. The second-order valence-electron chi connectivity index (χ2n) is 7.73. The summed E-state index contributed by atoms with van der Waals surface area (Å²) in [5.41, 5.74) is 3.81. The van der Waals surface area contributed by atoms with Gasteiger partial charge in [0.2, 0.25) is 0 Å². The number of nitrogens with one attached hydrogen (secondary N) is 3. The number of para-hydroxylation sites is 1. The smallest absolute Gasteiger partial charge is 0.270 e. The molecule has 1 saturated heterocycles. The molecule has 0 unspecified atom stereocenters. The number of nitro groups is 1. The Morgan fingerprint density at radius 1 is 1.06 bits per heavy atom. The van der Waals surface area contributed by atoms with E-state index in [4.69, 9.17) is 4.84 Å². The highest BCUT2D eigenvalue weighted by Crippen LogP contribution is 2.40. The van der Waals surface area contributed by atoms with Crippen LogP contribution >= 0.6 is 0 Å². The number of non-ortho nitro benzene ring substituents is 1. The second kappa shape index (κ2) is 8.40. The number of rotatable bonds is 5. The van der Waals surface area contributed by atoms with Gasteiger partial charge in [-0.1, -0.05) is 23.4 Å². The standard InChI is InChI=1S/C22H22N6O4/c29-22-19(16-13-14(28(30)31)5-6-18(16)25-22)21-20(15-3-1-2-4-17(15)24-21)26-32-12-11-27-9-7-23-8-10-27/h1-6,13,23-24H,7-12H2,(H,25,29)/b21-19-,26-20+. The molecule has 3 aliphatic rings. The summed E-state index contributed by atoms with van der Waals surface area (Å²) in [5.74, 6) is -0.343. The van der Waals surface area contributed by atoms with Crippen LogP contribution in [0.3, 0.4) is 0 Å². The lowest BCUT2D eigenvalue weighted by atomic mass is 10.0. The molecule has 0 radical (unpaired) electrons. The van der Waals surface area contributed by atoms with Gasteiger partial charge in [-0.05, 0) is 12.1 Å². The summed E-state index contributed by atoms with van der Waals surface area (Å²) >= 11 is 0. The highest BCUT2D eigenvalue weighted by Gasteiger charge is 2.35. The highest BCUT2D eigenvalue weighted by atomic mass is 16.6. The number of nitro benzene ring substituents is 1. The molecule has 32 heavy (non-hydrogen) atoms. The molecule has 10 nitrogen and oxygen atoms in total. The summed E-state index contributed by atoms with van der Waals surface area (Å²) in [6.45, 7) is 5.04. The van der Waals surface area contributed by atoms with Crippen molar-refractivity contribution in [3.05, 3.63) is 69.4 Å². The average molecular weight is 434 g/mol. The van der Waals surface area contributed by atoms with Gasteiger partial charge in [0, 0.05) is 67.4 Å². The number of fused-ring (bicyclic) bond motifs is 2.